The van der Waals surface area contributed by atoms with Crippen LogP contribution in [0.15, 0.2) is 54.6 Å². The Kier molecular flexibility index (Phi) is 3.20. The fourth-order valence-corrected chi connectivity index (χ4v) is 2.56. The fourth-order valence-electron chi connectivity index (χ4n) is 2.56. The predicted molar refractivity (Wildman–Crippen MR) is 71.1 cm³/mol. The molecule has 21 heavy (non-hydrogen) atoms. The van der Waals surface area contributed by atoms with Gasteiger partial charge in [0.1, 0.15) is 11.9 Å². The van der Waals surface area contributed by atoms with Crippen LogP contribution < -0.4 is 0 Å². The van der Waals surface area contributed by atoms with Crippen LogP contribution in [-0.2, 0) is 11.3 Å². The van der Waals surface area contributed by atoms with Crippen molar-refractivity contribution < 1.29 is 18.0 Å². The first kappa shape index (κ1) is 13.7. The number of benzene rings is 2. The highest BCUT2D eigenvalue weighted by atomic mass is 19.3. The summed E-state index contributed by atoms with van der Waals surface area (Å²) in [5.74, 6) is -5.30. The molecule has 0 saturated carbocycles. The van der Waals surface area contributed by atoms with Crippen molar-refractivity contribution in [3.63, 3.8) is 0 Å². The van der Waals surface area contributed by atoms with Gasteiger partial charge < -0.3 is 4.90 Å². The Balaban J connectivity index is 1.91. The van der Waals surface area contributed by atoms with Crippen molar-refractivity contribution in [2.45, 2.75) is 18.5 Å². The minimum atomic E-state index is -3.48. The average molecular weight is 291 g/mol. The second-order valence-corrected chi connectivity index (χ2v) is 5.00. The topological polar surface area (TPSA) is 20.3 Å². The molecule has 1 saturated heterocycles. The fraction of sp³-hybridized carbons (Fsp3) is 0.188. The highest BCUT2D eigenvalue weighted by Crippen LogP contribution is 2.48. The maximum absolute atomic E-state index is 13.9. The van der Waals surface area contributed by atoms with Gasteiger partial charge in [-0.05, 0) is 23.3 Å². The molecule has 5 heteroatoms. The van der Waals surface area contributed by atoms with Gasteiger partial charge in [-0.25, -0.2) is 4.39 Å². The van der Waals surface area contributed by atoms with E-state index in [4.69, 9.17) is 0 Å². The maximum atomic E-state index is 13.9. The largest absolute Gasteiger partial charge is 0.348 e. The third kappa shape index (κ3) is 2.28. The Morgan fingerprint density at radius 2 is 1.76 bits per heavy atom. The molecule has 2 aromatic carbocycles. The number of carbonyl (C=O) groups excluding carboxylic acids is 1. The van der Waals surface area contributed by atoms with Gasteiger partial charge in [-0.3, -0.25) is 4.79 Å². The van der Waals surface area contributed by atoms with Gasteiger partial charge in [0.15, 0.2) is 0 Å². The highest BCUT2D eigenvalue weighted by molar-refractivity contribution is 5.91. The first-order valence-corrected chi connectivity index (χ1v) is 6.48. The van der Waals surface area contributed by atoms with E-state index in [0.29, 0.717) is 0 Å². The molecule has 2 aromatic rings. The predicted octanol–water partition coefficient (Wildman–Crippen LogP) is 3.54. The van der Waals surface area contributed by atoms with Gasteiger partial charge in [0.2, 0.25) is 0 Å². The summed E-state index contributed by atoms with van der Waals surface area (Å²) < 4.78 is 40.9. The summed E-state index contributed by atoms with van der Waals surface area (Å²) in [6.45, 7) is 0.0798. The Morgan fingerprint density at radius 3 is 2.43 bits per heavy atom. The molecule has 3 rings (SSSR count). The van der Waals surface area contributed by atoms with E-state index in [9.17, 15) is 18.0 Å². The lowest BCUT2D eigenvalue weighted by molar-refractivity contribution is -0.207. The van der Waals surface area contributed by atoms with E-state index < -0.39 is 23.7 Å². The molecular weight excluding hydrogens is 279 g/mol. The van der Waals surface area contributed by atoms with Crippen molar-refractivity contribution in [2.75, 3.05) is 0 Å². The van der Waals surface area contributed by atoms with Crippen LogP contribution >= 0.6 is 0 Å². The number of hydrogen-bond acceptors (Lipinski definition) is 1. The van der Waals surface area contributed by atoms with Gasteiger partial charge in [-0.1, -0.05) is 42.5 Å². The van der Waals surface area contributed by atoms with Crippen molar-refractivity contribution >= 4 is 5.91 Å². The first-order valence-electron chi connectivity index (χ1n) is 6.48. The summed E-state index contributed by atoms with van der Waals surface area (Å²) in [7, 11) is 0. The Hall–Kier alpha value is -2.30. The lowest BCUT2D eigenvalue weighted by Gasteiger charge is -2.46. The standard InChI is InChI=1S/C16H12F3NO/c17-13-8-4-7-12(9-13)14-16(18,19)15(21)20(14)10-11-5-2-1-3-6-11/h1-9,14H,10H2. The summed E-state index contributed by atoms with van der Waals surface area (Å²) in [5.41, 5.74) is 0.860. The van der Waals surface area contributed by atoms with E-state index in [2.05, 4.69) is 0 Å². The molecular formula is C16H12F3NO. The number of amides is 1. The average Bonchev–Trinajstić information content (AvgIpc) is 2.47. The van der Waals surface area contributed by atoms with Crippen molar-refractivity contribution in [1.82, 2.24) is 4.90 Å². The number of hydrogen-bond donors (Lipinski definition) is 0. The maximum Gasteiger partial charge on any atom is 0.348 e. The smallest absolute Gasteiger partial charge is 0.319 e. The van der Waals surface area contributed by atoms with E-state index in [1.54, 1.807) is 30.3 Å². The third-order valence-electron chi connectivity index (χ3n) is 3.56. The molecule has 0 aliphatic carbocycles. The van der Waals surface area contributed by atoms with E-state index in [0.717, 1.165) is 16.5 Å². The molecule has 1 atom stereocenters. The van der Waals surface area contributed by atoms with Crippen molar-refractivity contribution in [2.24, 2.45) is 0 Å². The minimum absolute atomic E-state index is 0.0798. The molecule has 0 radical (unpaired) electrons. The molecule has 0 spiro atoms. The molecule has 0 aromatic heterocycles. The van der Waals surface area contributed by atoms with Crippen molar-refractivity contribution in [1.29, 1.82) is 0 Å². The number of nitrogens with zero attached hydrogens (tertiary/aromatic N) is 1. The van der Waals surface area contributed by atoms with Crippen LogP contribution in [0.2, 0.25) is 0 Å². The van der Waals surface area contributed by atoms with Crippen LogP contribution in [0, 0.1) is 5.82 Å². The second-order valence-electron chi connectivity index (χ2n) is 5.00. The molecule has 0 N–H and O–H groups in total. The van der Waals surface area contributed by atoms with Crippen LogP contribution in [0.1, 0.15) is 17.2 Å². The second kappa shape index (κ2) is 4.91. The zero-order valence-corrected chi connectivity index (χ0v) is 11.0. The molecule has 1 unspecified atom stereocenters. The zero-order chi connectivity index (χ0) is 15.0. The van der Waals surface area contributed by atoms with E-state index in [-0.39, 0.29) is 12.1 Å². The highest BCUT2D eigenvalue weighted by Gasteiger charge is 2.63. The number of likely N-dealkylation sites (tertiary alicyclic amines) is 1. The molecule has 1 aliphatic rings. The summed E-state index contributed by atoms with van der Waals surface area (Å²) in [6, 6.07) is 12.5. The van der Waals surface area contributed by atoms with E-state index >= 15 is 0 Å². The van der Waals surface area contributed by atoms with Gasteiger partial charge in [0.25, 0.3) is 5.91 Å². The van der Waals surface area contributed by atoms with Crippen molar-refractivity contribution in [3.8, 4) is 0 Å². The normalized spacial score (nSPS) is 20.2. The minimum Gasteiger partial charge on any atom is -0.319 e. The SMILES string of the molecule is O=C1N(Cc2ccccc2)C(c2cccc(F)c2)C1(F)F. The van der Waals surface area contributed by atoms with Crippen LogP contribution in [0.25, 0.3) is 0 Å². The van der Waals surface area contributed by atoms with Crippen LogP contribution in [0.5, 0.6) is 0 Å². The Morgan fingerprint density at radius 1 is 1.05 bits per heavy atom. The number of rotatable bonds is 3. The molecule has 1 heterocycles. The number of alkyl halides is 2. The van der Waals surface area contributed by atoms with E-state index in [1.165, 1.54) is 18.2 Å². The molecule has 0 bridgehead atoms. The van der Waals surface area contributed by atoms with Gasteiger partial charge in [-0.15, -0.1) is 0 Å². The summed E-state index contributed by atoms with van der Waals surface area (Å²) in [5, 5.41) is 0. The van der Waals surface area contributed by atoms with Crippen LogP contribution in [0.4, 0.5) is 13.2 Å². The number of β-lactam (4-membered cyclic amide) rings is 1. The van der Waals surface area contributed by atoms with Crippen molar-refractivity contribution in [3.05, 3.63) is 71.5 Å². The monoisotopic (exact) mass is 291 g/mol. The molecule has 1 amide bonds. The Bertz CT molecular complexity index is 672. The van der Waals surface area contributed by atoms with Gasteiger partial charge in [0, 0.05) is 6.54 Å². The van der Waals surface area contributed by atoms with Crippen LogP contribution in [-0.4, -0.2) is 16.7 Å². The lowest BCUT2D eigenvalue weighted by atomic mass is 9.89. The van der Waals surface area contributed by atoms with E-state index in [1.807, 2.05) is 0 Å². The molecule has 108 valence electrons. The summed E-state index contributed by atoms with van der Waals surface area (Å²) >= 11 is 0. The third-order valence-corrected chi connectivity index (χ3v) is 3.56. The molecule has 1 fully saturated rings. The van der Waals surface area contributed by atoms with Gasteiger partial charge in [-0.2, -0.15) is 8.78 Å². The Labute approximate surface area is 119 Å². The molecule has 2 nitrogen and oxygen atoms in total. The number of halogens is 3. The zero-order valence-electron chi connectivity index (χ0n) is 11.0. The summed E-state index contributed by atoms with van der Waals surface area (Å²) in [6.07, 6.45) is 0. The molecule has 1 aliphatic heterocycles. The van der Waals surface area contributed by atoms with Gasteiger partial charge >= 0.3 is 5.92 Å². The number of carbonyl (C=O) groups is 1. The summed E-state index contributed by atoms with van der Waals surface area (Å²) in [4.78, 5) is 12.7. The first-order chi connectivity index (χ1) is 10.00. The lowest BCUT2D eigenvalue weighted by Crippen LogP contribution is -2.63. The van der Waals surface area contributed by atoms with Crippen LogP contribution in [0.3, 0.4) is 0 Å². The van der Waals surface area contributed by atoms with Gasteiger partial charge in [0.05, 0.1) is 0 Å². The quantitative estimate of drug-likeness (QED) is 0.792.